The van der Waals surface area contributed by atoms with Crippen molar-refractivity contribution >= 4 is 23.3 Å². The number of likely N-dealkylation sites (tertiary alicyclic amines) is 1. The van der Waals surface area contributed by atoms with Crippen LogP contribution in [0.4, 0.5) is 5.82 Å². The molecular weight excluding hydrogens is 360 g/mol. The molecule has 0 unspecified atom stereocenters. The molecule has 1 spiro atoms. The highest BCUT2D eigenvalue weighted by Gasteiger charge is 2.41. The first-order chi connectivity index (χ1) is 13.2. The Morgan fingerprint density at radius 3 is 2.59 bits per heavy atom. The van der Waals surface area contributed by atoms with Gasteiger partial charge in [-0.05, 0) is 60.9 Å². The van der Waals surface area contributed by atoms with Crippen LogP contribution in [0.3, 0.4) is 0 Å². The fourth-order valence-electron chi connectivity index (χ4n) is 4.33. The molecule has 1 amide bonds. The number of hydrogen-bond acceptors (Lipinski definition) is 4. The molecule has 0 aliphatic carbocycles. The van der Waals surface area contributed by atoms with Gasteiger partial charge in [0.25, 0.3) is 0 Å². The average molecular weight is 385 g/mol. The van der Waals surface area contributed by atoms with Crippen molar-refractivity contribution in [3.63, 3.8) is 0 Å². The molecule has 2 aliphatic rings. The molecule has 2 aromatic heterocycles. The van der Waals surface area contributed by atoms with Crippen molar-refractivity contribution < 1.29 is 4.79 Å². The van der Waals surface area contributed by atoms with Gasteiger partial charge >= 0.3 is 0 Å². The Morgan fingerprint density at radius 1 is 1.07 bits per heavy atom. The minimum atomic E-state index is 0.240. The topological polar surface area (TPSA) is 49.3 Å². The first-order valence-corrected chi connectivity index (χ1v) is 10.1. The largest absolute Gasteiger partial charge is 0.355 e. The molecule has 142 valence electrons. The third-order valence-corrected chi connectivity index (χ3v) is 6.33. The second kappa shape index (κ2) is 7.85. The number of anilines is 1. The number of aromatic nitrogens is 2. The normalized spacial score (nSPS) is 19.5. The van der Waals surface area contributed by atoms with Crippen molar-refractivity contribution in [2.24, 2.45) is 5.41 Å². The predicted molar refractivity (Wildman–Crippen MR) is 107 cm³/mol. The number of pyridine rings is 2. The molecule has 27 heavy (non-hydrogen) atoms. The van der Waals surface area contributed by atoms with E-state index in [1.807, 2.05) is 36.7 Å². The molecule has 2 saturated heterocycles. The van der Waals surface area contributed by atoms with Crippen LogP contribution in [0.1, 0.15) is 31.2 Å². The number of amides is 1. The van der Waals surface area contributed by atoms with E-state index in [1.54, 1.807) is 6.20 Å². The SMILES string of the molecule is O=C1CCC2(CCN(c3ncccc3Cl)CC2)CN1CCc1ccncc1. The maximum absolute atomic E-state index is 12.4. The van der Waals surface area contributed by atoms with Gasteiger partial charge in [-0.25, -0.2) is 4.98 Å². The van der Waals surface area contributed by atoms with E-state index >= 15 is 0 Å². The van der Waals surface area contributed by atoms with Gasteiger partial charge in [-0.2, -0.15) is 0 Å². The summed E-state index contributed by atoms with van der Waals surface area (Å²) in [6.07, 6.45) is 10.1. The average Bonchev–Trinajstić information content (AvgIpc) is 2.71. The van der Waals surface area contributed by atoms with E-state index in [9.17, 15) is 4.79 Å². The molecule has 6 heteroatoms. The lowest BCUT2D eigenvalue weighted by molar-refractivity contribution is -0.138. The maximum atomic E-state index is 12.4. The van der Waals surface area contributed by atoms with Crippen LogP contribution in [-0.2, 0) is 11.2 Å². The molecule has 0 aromatic carbocycles. The van der Waals surface area contributed by atoms with Gasteiger partial charge in [-0.3, -0.25) is 9.78 Å². The number of hydrogen-bond donors (Lipinski definition) is 0. The molecule has 0 saturated carbocycles. The summed E-state index contributed by atoms with van der Waals surface area (Å²) < 4.78 is 0. The maximum Gasteiger partial charge on any atom is 0.222 e. The van der Waals surface area contributed by atoms with Gasteiger partial charge in [-0.15, -0.1) is 0 Å². The van der Waals surface area contributed by atoms with E-state index in [2.05, 4.69) is 19.8 Å². The third-order valence-electron chi connectivity index (χ3n) is 6.03. The quantitative estimate of drug-likeness (QED) is 0.808. The summed E-state index contributed by atoms with van der Waals surface area (Å²) in [6.45, 7) is 3.56. The summed E-state index contributed by atoms with van der Waals surface area (Å²) in [4.78, 5) is 25.3. The summed E-state index contributed by atoms with van der Waals surface area (Å²) in [6, 6.07) is 7.82. The predicted octanol–water partition coefficient (Wildman–Crippen LogP) is 3.58. The molecule has 5 nitrogen and oxygen atoms in total. The molecule has 2 fully saturated rings. The van der Waals surface area contributed by atoms with E-state index in [0.717, 1.165) is 57.7 Å². The molecule has 4 rings (SSSR count). The van der Waals surface area contributed by atoms with Gasteiger partial charge in [0, 0.05) is 51.2 Å². The van der Waals surface area contributed by atoms with Crippen LogP contribution in [0.2, 0.25) is 5.02 Å². The third kappa shape index (κ3) is 4.08. The summed E-state index contributed by atoms with van der Waals surface area (Å²) in [7, 11) is 0. The Kier molecular flexibility index (Phi) is 5.30. The Labute approximate surface area is 165 Å². The fraction of sp³-hybridized carbons (Fsp3) is 0.476. The van der Waals surface area contributed by atoms with Crippen molar-refractivity contribution in [3.8, 4) is 0 Å². The minimum absolute atomic E-state index is 0.240. The van der Waals surface area contributed by atoms with E-state index in [-0.39, 0.29) is 5.41 Å². The number of carbonyl (C=O) groups excluding carboxylic acids is 1. The molecule has 4 heterocycles. The van der Waals surface area contributed by atoms with Crippen LogP contribution in [-0.4, -0.2) is 47.0 Å². The second-order valence-corrected chi connectivity index (χ2v) is 8.12. The number of halogens is 1. The minimum Gasteiger partial charge on any atom is -0.355 e. The number of nitrogens with zero attached hydrogens (tertiary/aromatic N) is 4. The lowest BCUT2D eigenvalue weighted by Crippen LogP contribution is -2.52. The Balaban J connectivity index is 1.38. The Hall–Kier alpha value is -2.14. The number of carbonyl (C=O) groups is 1. The smallest absolute Gasteiger partial charge is 0.222 e. The summed E-state index contributed by atoms with van der Waals surface area (Å²) in [5, 5.41) is 0.714. The highest BCUT2D eigenvalue weighted by atomic mass is 35.5. The molecule has 0 N–H and O–H groups in total. The molecule has 0 atom stereocenters. The van der Waals surface area contributed by atoms with Crippen molar-refractivity contribution in [2.45, 2.75) is 32.1 Å². The zero-order chi connectivity index (χ0) is 18.7. The highest BCUT2D eigenvalue weighted by Crippen LogP contribution is 2.41. The van der Waals surface area contributed by atoms with Gasteiger partial charge in [0.15, 0.2) is 0 Å². The molecule has 0 radical (unpaired) electrons. The standard InChI is InChI=1S/C21H25ClN4O/c22-18-2-1-10-24-20(18)25-14-8-21(9-15-25)7-3-19(27)26(16-21)13-6-17-4-11-23-12-5-17/h1-2,4-5,10-12H,3,6-9,13-16H2. The van der Waals surface area contributed by atoms with Crippen LogP contribution in [0.25, 0.3) is 0 Å². The van der Waals surface area contributed by atoms with Crippen LogP contribution >= 0.6 is 11.6 Å². The molecule has 2 aromatic rings. The fourth-order valence-corrected chi connectivity index (χ4v) is 4.57. The van der Waals surface area contributed by atoms with E-state index in [0.29, 0.717) is 17.4 Å². The van der Waals surface area contributed by atoms with E-state index < -0.39 is 0 Å². The first-order valence-electron chi connectivity index (χ1n) is 9.67. The summed E-state index contributed by atoms with van der Waals surface area (Å²) in [5.74, 6) is 1.18. The van der Waals surface area contributed by atoms with Crippen LogP contribution < -0.4 is 4.90 Å². The van der Waals surface area contributed by atoms with Crippen LogP contribution in [0.5, 0.6) is 0 Å². The van der Waals surface area contributed by atoms with Gasteiger partial charge in [-0.1, -0.05) is 11.6 Å². The molecular formula is C21H25ClN4O. The van der Waals surface area contributed by atoms with Gasteiger partial charge in [0.2, 0.25) is 5.91 Å². The monoisotopic (exact) mass is 384 g/mol. The summed E-state index contributed by atoms with van der Waals surface area (Å²) >= 11 is 6.32. The zero-order valence-electron chi connectivity index (χ0n) is 15.5. The number of piperidine rings is 2. The Morgan fingerprint density at radius 2 is 1.85 bits per heavy atom. The van der Waals surface area contributed by atoms with Crippen LogP contribution in [0, 0.1) is 5.41 Å². The first kappa shape index (κ1) is 18.2. The number of rotatable bonds is 4. The van der Waals surface area contributed by atoms with Crippen LogP contribution in [0.15, 0.2) is 42.9 Å². The van der Waals surface area contributed by atoms with Gasteiger partial charge in [0.05, 0.1) is 5.02 Å². The van der Waals surface area contributed by atoms with Crippen molar-refractivity contribution in [2.75, 3.05) is 31.1 Å². The van der Waals surface area contributed by atoms with E-state index in [1.165, 1.54) is 5.56 Å². The lowest BCUT2D eigenvalue weighted by atomic mass is 9.72. The molecule has 2 aliphatic heterocycles. The Bertz CT molecular complexity index is 790. The zero-order valence-corrected chi connectivity index (χ0v) is 16.2. The van der Waals surface area contributed by atoms with Gasteiger partial charge < -0.3 is 9.80 Å². The highest BCUT2D eigenvalue weighted by molar-refractivity contribution is 6.32. The molecule has 0 bridgehead atoms. The van der Waals surface area contributed by atoms with Crippen molar-refractivity contribution in [1.29, 1.82) is 0 Å². The second-order valence-electron chi connectivity index (χ2n) is 7.72. The van der Waals surface area contributed by atoms with Crippen molar-refractivity contribution in [1.82, 2.24) is 14.9 Å². The lowest BCUT2D eigenvalue weighted by Gasteiger charge is -2.47. The van der Waals surface area contributed by atoms with E-state index in [4.69, 9.17) is 11.6 Å². The van der Waals surface area contributed by atoms with Gasteiger partial charge in [0.1, 0.15) is 5.82 Å². The van der Waals surface area contributed by atoms with Crippen molar-refractivity contribution in [3.05, 3.63) is 53.4 Å². The summed E-state index contributed by atoms with van der Waals surface area (Å²) in [5.41, 5.74) is 1.47.